The smallest absolute Gasteiger partial charge is 0.269 e. The standard InChI is InChI=1S/C21H19ClFN3O2/c1-28-20-9-7-15(12-17(20)22)26-16-6-8-19(25-13-16)21(27)24-11-10-14-4-2-3-5-18(14)23/h2-9,12-13,26H,10-11H2,1H3,(H,24,27). The number of hydrogen-bond acceptors (Lipinski definition) is 4. The molecule has 2 N–H and O–H groups in total. The Morgan fingerprint density at radius 3 is 2.61 bits per heavy atom. The first kappa shape index (κ1) is 19.6. The lowest BCUT2D eigenvalue weighted by atomic mass is 10.1. The summed E-state index contributed by atoms with van der Waals surface area (Å²) in [4.78, 5) is 16.4. The van der Waals surface area contributed by atoms with E-state index in [0.717, 1.165) is 5.69 Å². The Balaban J connectivity index is 1.55. The van der Waals surface area contributed by atoms with Crippen LogP contribution < -0.4 is 15.4 Å². The molecule has 0 unspecified atom stereocenters. The quantitative estimate of drug-likeness (QED) is 0.609. The largest absolute Gasteiger partial charge is 0.495 e. The number of nitrogens with one attached hydrogen (secondary N) is 2. The fraction of sp³-hybridized carbons (Fsp3) is 0.143. The van der Waals surface area contributed by atoms with Gasteiger partial charge in [-0.3, -0.25) is 4.79 Å². The molecule has 0 radical (unpaired) electrons. The minimum Gasteiger partial charge on any atom is -0.495 e. The summed E-state index contributed by atoms with van der Waals surface area (Å²) in [5, 5.41) is 6.39. The molecule has 7 heteroatoms. The van der Waals surface area contributed by atoms with Crippen molar-refractivity contribution in [2.45, 2.75) is 6.42 Å². The minimum absolute atomic E-state index is 0.274. The highest BCUT2D eigenvalue weighted by Gasteiger charge is 2.08. The number of carbonyl (C=O) groups is 1. The number of benzene rings is 2. The summed E-state index contributed by atoms with van der Waals surface area (Å²) in [5.74, 6) is 0.00654. The summed E-state index contributed by atoms with van der Waals surface area (Å²) < 4.78 is 18.7. The second-order valence-electron chi connectivity index (χ2n) is 6.00. The van der Waals surface area contributed by atoms with E-state index in [2.05, 4.69) is 15.6 Å². The van der Waals surface area contributed by atoms with Crippen LogP contribution in [0.3, 0.4) is 0 Å². The summed E-state index contributed by atoms with van der Waals surface area (Å²) in [6.07, 6.45) is 1.97. The fourth-order valence-corrected chi connectivity index (χ4v) is 2.87. The number of amides is 1. The van der Waals surface area contributed by atoms with Crippen LogP contribution in [-0.4, -0.2) is 24.5 Å². The molecule has 1 amide bonds. The van der Waals surface area contributed by atoms with Gasteiger partial charge < -0.3 is 15.4 Å². The van der Waals surface area contributed by atoms with Gasteiger partial charge in [0, 0.05) is 12.2 Å². The highest BCUT2D eigenvalue weighted by atomic mass is 35.5. The molecule has 2 aromatic carbocycles. The van der Waals surface area contributed by atoms with E-state index in [1.54, 1.807) is 55.8 Å². The zero-order valence-electron chi connectivity index (χ0n) is 15.2. The van der Waals surface area contributed by atoms with Crippen molar-refractivity contribution < 1.29 is 13.9 Å². The van der Waals surface area contributed by atoms with Gasteiger partial charge in [-0.15, -0.1) is 0 Å². The average Bonchev–Trinajstić information content (AvgIpc) is 2.70. The summed E-state index contributed by atoms with van der Waals surface area (Å²) in [6.45, 7) is 0.325. The van der Waals surface area contributed by atoms with Crippen molar-refractivity contribution in [3.05, 3.63) is 82.9 Å². The molecule has 1 aromatic heterocycles. The Kier molecular flexibility index (Phi) is 6.45. The lowest BCUT2D eigenvalue weighted by molar-refractivity contribution is 0.0949. The predicted molar refractivity (Wildman–Crippen MR) is 108 cm³/mol. The highest BCUT2D eigenvalue weighted by molar-refractivity contribution is 6.32. The molecule has 0 atom stereocenters. The van der Waals surface area contributed by atoms with E-state index in [4.69, 9.17) is 16.3 Å². The van der Waals surface area contributed by atoms with Crippen LogP contribution in [0.4, 0.5) is 15.8 Å². The van der Waals surface area contributed by atoms with Gasteiger partial charge in [-0.05, 0) is 48.4 Å². The van der Waals surface area contributed by atoms with Crippen molar-refractivity contribution in [3.63, 3.8) is 0 Å². The summed E-state index contributed by atoms with van der Waals surface area (Å²) >= 11 is 6.11. The highest BCUT2D eigenvalue weighted by Crippen LogP contribution is 2.28. The van der Waals surface area contributed by atoms with Crippen LogP contribution in [0.25, 0.3) is 0 Å². The molecule has 0 fully saturated rings. The monoisotopic (exact) mass is 399 g/mol. The van der Waals surface area contributed by atoms with Crippen LogP contribution in [0.15, 0.2) is 60.8 Å². The number of aromatic nitrogens is 1. The minimum atomic E-state index is -0.310. The Morgan fingerprint density at radius 2 is 1.93 bits per heavy atom. The number of nitrogens with zero attached hydrogens (tertiary/aromatic N) is 1. The van der Waals surface area contributed by atoms with E-state index in [1.807, 2.05) is 6.07 Å². The molecule has 0 bridgehead atoms. The van der Waals surface area contributed by atoms with E-state index in [-0.39, 0.29) is 17.4 Å². The molecule has 1 heterocycles. The van der Waals surface area contributed by atoms with Crippen LogP contribution >= 0.6 is 11.6 Å². The molecular weight excluding hydrogens is 381 g/mol. The first-order chi connectivity index (χ1) is 13.6. The predicted octanol–water partition coefficient (Wildman–Crippen LogP) is 4.60. The topological polar surface area (TPSA) is 63.2 Å². The van der Waals surface area contributed by atoms with Crippen molar-refractivity contribution in [1.82, 2.24) is 10.3 Å². The van der Waals surface area contributed by atoms with E-state index in [0.29, 0.717) is 35.0 Å². The SMILES string of the molecule is COc1ccc(Nc2ccc(C(=O)NCCc3ccccc3F)nc2)cc1Cl. The molecule has 0 spiro atoms. The maximum absolute atomic E-state index is 13.6. The van der Waals surface area contributed by atoms with Crippen LogP contribution in [-0.2, 0) is 6.42 Å². The first-order valence-electron chi connectivity index (χ1n) is 8.65. The van der Waals surface area contributed by atoms with Gasteiger partial charge in [0.1, 0.15) is 17.3 Å². The van der Waals surface area contributed by atoms with Gasteiger partial charge in [-0.1, -0.05) is 29.8 Å². The van der Waals surface area contributed by atoms with Crippen molar-refractivity contribution in [2.24, 2.45) is 0 Å². The van der Waals surface area contributed by atoms with Gasteiger partial charge in [-0.2, -0.15) is 0 Å². The molecule has 0 aliphatic carbocycles. The van der Waals surface area contributed by atoms with Crippen LogP contribution in [0.5, 0.6) is 5.75 Å². The van der Waals surface area contributed by atoms with Crippen LogP contribution in [0.2, 0.25) is 5.02 Å². The summed E-state index contributed by atoms with van der Waals surface area (Å²) in [6, 6.07) is 15.2. The molecule has 0 saturated heterocycles. The Labute approximate surface area is 167 Å². The molecule has 0 aliphatic rings. The van der Waals surface area contributed by atoms with Gasteiger partial charge in [-0.25, -0.2) is 9.37 Å². The molecule has 144 valence electrons. The first-order valence-corrected chi connectivity index (χ1v) is 9.03. The number of halogens is 2. The van der Waals surface area contributed by atoms with Gasteiger partial charge in [0.05, 0.1) is 24.0 Å². The number of pyridine rings is 1. The number of ether oxygens (including phenoxy) is 1. The van der Waals surface area contributed by atoms with E-state index >= 15 is 0 Å². The van der Waals surface area contributed by atoms with Crippen molar-refractivity contribution in [1.29, 1.82) is 0 Å². The van der Waals surface area contributed by atoms with Gasteiger partial charge in [0.25, 0.3) is 5.91 Å². The van der Waals surface area contributed by atoms with Crippen LogP contribution in [0, 0.1) is 5.82 Å². The van der Waals surface area contributed by atoms with Crippen molar-refractivity contribution in [2.75, 3.05) is 19.0 Å². The third-order valence-corrected chi connectivity index (χ3v) is 4.37. The molecular formula is C21H19ClFN3O2. The number of carbonyl (C=O) groups excluding carboxylic acids is 1. The van der Waals surface area contributed by atoms with Gasteiger partial charge in [0.15, 0.2) is 0 Å². The molecule has 0 aliphatic heterocycles. The zero-order valence-corrected chi connectivity index (χ0v) is 16.0. The van der Waals surface area contributed by atoms with Gasteiger partial charge in [0.2, 0.25) is 0 Å². The fourth-order valence-electron chi connectivity index (χ4n) is 2.62. The zero-order chi connectivity index (χ0) is 19.9. The Bertz CT molecular complexity index is 964. The van der Waals surface area contributed by atoms with E-state index in [1.165, 1.54) is 6.07 Å². The van der Waals surface area contributed by atoms with Gasteiger partial charge >= 0.3 is 0 Å². The molecule has 5 nitrogen and oxygen atoms in total. The molecule has 3 aromatic rings. The van der Waals surface area contributed by atoms with E-state index < -0.39 is 0 Å². The van der Waals surface area contributed by atoms with E-state index in [9.17, 15) is 9.18 Å². The molecule has 28 heavy (non-hydrogen) atoms. The lowest BCUT2D eigenvalue weighted by Gasteiger charge is -2.09. The van der Waals surface area contributed by atoms with Crippen molar-refractivity contribution in [3.8, 4) is 5.75 Å². The third kappa shape index (κ3) is 4.98. The normalized spacial score (nSPS) is 10.4. The summed E-state index contributed by atoms with van der Waals surface area (Å²) in [7, 11) is 1.55. The maximum Gasteiger partial charge on any atom is 0.269 e. The Morgan fingerprint density at radius 1 is 1.14 bits per heavy atom. The molecule has 0 saturated carbocycles. The van der Waals surface area contributed by atoms with Crippen molar-refractivity contribution >= 4 is 28.9 Å². The average molecular weight is 400 g/mol. The maximum atomic E-state index is 13.6. The number of anilines is 2. The summed E-state index contributed by atoms with van der Waals surface area (Å²) in [5.41, 5.74) is 2.33. The number of hydrogen-bond donors (Lipinski definition) is 2. The third-order valence-electron chi connectivity index (χ3n) is 4.07. The Hall–Kier alpha value is -3.12. The number of methoxy groups -OCH3 is 1. The lowest BCUT2D eigenvalue weighted by Crippen LogP contribution is -2.26. The molecule has 3 rings (SSSR count). The number of rotatable bonds is 7. The second kappa shape index (κ2) is 9.19. The second-order valence-corrected chi connectivity index (χ2v) is 6.41. The van der Waals surface area contributed by atoms with Crippen LogP contribution in [0.1, 0.15) is 16.1 Å².